The number of nitrogens with two attached hydrogens (primary N) is 1. The van der Waals surface area contributed by atoms with Crippen molar-refractivity contribution in [2.45, 2.75) is 32.2 Å². The lowest BCUT2D eigenvalue weighted by atomic mass is 9.91. The number of rotatable bonds is 4. The molecule has 3 heteroatoms. The summed E-state index contributed by atoms with van der Waals surface area (Å²) in [7, 11) is 0. The van der Waals surface area contributed by atoms with Crippen molar-refractivity contribution in [3.8, 4) is 0 Å². The highest BCUT2D eigenvalue weighted by atomic mass is 19.1. The van der Waals surface area contributed by atoms with Gasteiger partial charge >= 0.3 is 0 Å². The summed E-state index contributed by atoms with van der Waals surface area (Å²) in [6.07, 6.45) is 3.17. The molecular weight excluding hydrogens is 167 g/mol. The van der Waals surface area contributed by atoms with E-state index in [1.807, 2.05) is 0 Å². The zero-order valence-corrected chi connectivity index (χ0v) is 8.51. The lowest BCUT2D eigenvalue weighted by Crippen LogP contribution is -2.48. The van der Waals surface area contributed by atoms with Crippen LogP contribution in [0.25, 0.3) is 0 Å². The molecule has 1 saturated heterocycles. The van der Waals surface area contributed by atoms with Crippen molar-refractivity contribution in [3.63, 3.8) is 0 Å². The predicted octanol–water partition coefficient (Wildman–Crippen LogP) is 1.41. The molecule has 2 N–H and O–H groups in total. The number of likely N-dealkylation sites (tertiary alicyclic amines) is 1. The quantitative estimate of drug-likeness (QED) is 0.722. The summed E-state index contributed by atoms with van der Waals surface area (Å²) in [5, 5.41) is 0. The molecule has 0 bridgehead atoms. The molecule has 2 atom stereocenters. The summed E-state index contributed by atoms with van der Waals surface area (Å²) in [5.74, 6) is 0.679. The third-order valence-electron chi connectivity index (χ3n) is 3.05. The molecule has 13 heavy (non-hydrogen) atoms. The molecule has 0 saturated carbocycles. The Hall–Kier alpha value is -0.150. The van der Waals surface area contributed by atoms with Crippen LogP contribution in [-0.4, -0.2) is 37.3 Å². The molecule has 2 nitrogen and oxygen atoms in total. The van der Waals surface area contributed by atoms with Crippen LogP contribution in [-0.2, 0) is 0 Å². The number of alkyl halides is 1. The number of hydrogen-bond acceptors (Lipinski definition) is 2. The molecule has 2 unspecified atom stereocenters. The minimum absolute atomic E-state index is 0.206. The van der Waals surface area contributed by atoms with E-state index in [1.165, 1.54) is 12.8 Å². The van der Waals surface area contributed by atoms with E-state index < -0.39 is 0 Å². The van der Waals surface area contributed by atoms with Gasteiger partial charge in [0, 0.05) is 19.1 Å². The van der Waals surface area contributed by atoms with Crippen LogP contribution in [0.4, 0.5) is 4.39 Å². The summed E-state index contributed by atoms with van der Waals surface area (Å²) in [6.45, 7) is 4.74. The van der Waals surface area contributed by atoms with Gasteiger partial charge in [-0.3, -0.25) is 9.29 Å². The smallest absolute Gasteiger partial charge is 0.0906 e. The van der Waals surface area contributed by atoms with Gasteiger partial charge < -0.3 is 5.73 Å². The Bertz CT molecular complexity index is 141. The van der Waals surface area contributed by atoms with Crippen LogP contribution in [0.5, 0.6) is 0 Å². The fourth-order valence-corrected chi connectivity index (χ4v) is 2.26. The first-order chi connectivity index (χ1) is 6.29. The first kappa shape index (κ1) is 10.9. The van der Waals surface area contributed by atoms with E-state index in [1.54, 1.807) is 0 Å². The SMILES string of the molecule is CC1CCCN(CCCF)C1CN. The van der Waals surface area contributed by atoms with Gasteiger partial charge in [0.05, 0.1) is 6.67 Å². The Morgan fingerprint density at radius 1 is 1.54 bits per heavy atom. The zero-order chi connectivity index (χ0) is 9.68. The maximum Gasteiger partial charge on any atom is 0.0906 e. The molecule has 1 heterocycles. The Kier molecular flexibility index (Phi) is 4.67. The van der Waals surface area contributed by atoms with Crippen LogP contribution in [0.15, 0.2) is 0 Å². The van der Waals surface area contributed by atoms with E-state index in [0.717, 1.165) is 13.1 Å². The predicted molar refractivity (Wildman–Crippen MR) is 53.4 cm³/mol. The van der Waals surface area contributed by atoms with Crippen LogP contribution in [0.2, 0.25) is 0 Å². The van der Waals surface area contributed by atoms with Crippen molar-refractivity contribution < 1.29 is 4.39 Å². The maximum absolute atomic E-state index is 12.0. The summed E-state index contributed by atoms with van der Waals surface area (Å²) < 4.78 is 12.0. The first-order valence-corrected chi connectivity index (χ1v) is 5.29. The summed E-state index contributed by atoms with van der Waals surface area (Å²) in [4.78, 5) is 2.35. The Morgan fingerprint density at radius 2 is 2.31 bits per heavy atom. The van der Waals surface area contributed by atoms with E-state index in [0.29, 0.717) is 24.9 Å². The zero-order valence-electron chi connectivity index (χ0n) is 8.51. The number of halogens is 1. The molecule has 0 amide bonds. The summed E-state index contributed by atoms with van der Waals surface area (Å²) in [6, 6.07) is 0.486. The van der Waals surface area contributed by atoms with Crippen molar-refractivity contribution in [1.29, 1.82) is 0 Å². The number of piperidine rings is 1. The topological polar surface area (TPSA) is 29.3 Å². The van der Waals surface area contributed by atoms with Gasteiger partial charge in [-0.15, -0.1) is 0 Å². The average molecular weight is 188 g/mol. The van der Waals surface area contributed by atoms with Crippen LogP contribution in [0, 0.1) is 5.92 Å². The largest absolute Gasteiger partial charge is 0.329 e. The van der Waals surface area contributed by atoms with Crippen molar-refractivity contribution in [1.82, 2.24) is 4.90 Å². The number of hydrogen-bond donors (Lipinski definition) is 1. The van der Waals surface area contributed by atoms with Gasteiger partial charge in [0.15, 0.2) is 0 Å². The minimum atomic E-state index is -0.206. The Labute approximate surface area is 80.3 Å². The molecule has 0 spiro atoms. The van der Waals surface area contributed by atoms with Crippen LogP contribution < -0.4 is 5.73 Å². The van der Waals surface area contributed by atoms with Crippen molar-refractivity contribution >= 4 is 0 Å². The highest BCUT2D eigenvalue weighted by Gasteiger charge is 2.26. The van der Waals surface area contributed by atoms with Crippen molar-refractivity contribution in [3.05, 3.63) is 0 Å². The first-order valence-electron chi connectivity index (χ1n) is 5.29. The molecule has 0 aromatic carbocycles. The molecule has 1 aliphatic heterocycles. The second-order valence-corrected chi connectivity index (χ2v) is 4.00. The standard InChI is InChI=1S/C10H21FN2/c1-9-4-2-6-13(7-3-5-11)10(9)8-12/h9-10H,2-8,12H2,1H3. The molecule has 1 rings (SSSR count). The van der Waals surface area contributed by atoms with Crippen molar-refractivity contribution in [2.24, 2.45) is 11.7 Å². The van der Waals surface area contributed by atoms with Gasteiger partial charge in [0.1, 0.15) is 0 Å². The highest BCUT2D eigenvalue weighted by Crippen LogP contribution is 2.22. The Morgan fingerprint density at radius 3 is 2.92 bits per heavy atom. The van der Waals surface area contributed by atoms with E-state index in [2.05, 4.69) is 11.8 Å². The normalized spacial score (nSPS) is 30.7. The van der Waals surface area contributed by atoms with E-state index in [-0.39, 0.29) is 6.67 Å². The van der Waals surface area contributed by atoms with Crippen LogP contribution >= 0.6 is 0 Å². The van der Waals surface area contributed by atoms with E-state index in [4.69, 9.17) is 5.73 Å². The Balaban J connectivity index is 2.39. The second kappa shape index (κ2) is 5.55. The van der Waals surface area contributed by atoms with Gasteiger partial charge in [-0.2, -0.15) is 0 Å². The molecule has 0 aromatic heterocycles. The van der Waals surface area contributed by atoms with E-state index in [9.17, 15) is 4.39 Å². The fourth-order valence-electron chi connectivity index (χ4n) is 2.26. The monoisotopic (exact) mass is 188 g/mol. The molecular formula is C10H21FN2. The molecule has 1 aliphatic rings. The summed E-state index contributed by atoms with van der Waals surface area (Å²) in [5.41, 5.74) is 5.72. The molecule has 0 aliphatic carbocycles. The minimum Gasteiger partial charge on any atom is -0.329 e. The summed E-state index contributed by atoms with van der Waals surface area (Å²) >= 11 is 0. The lowest BCUT2D eigenvalue weighted by molar-refractivity contribution is 0.103. The van der Waals surface area contributed by atoms with Gasteiger partial charge in [0.25, 0.3) is 0 Å². The third-order valence-corrected chi connectivity index (χ3v) is 3.05. The fraction of sp³-hybridized carbons (Fsp3) is 1.00. The van der Waals surface area contributed by atoms with Crippen molar-refractivity contribution in [2.75, 3.05) is 26.3 Å². The van der Waals surface area contributed by atoms with Gasteiger partial charge in [-0.1, -0.05) is 6.92 Å². The molecule has 0 aromatic rings. The van der Waals surface area contributed by atoms with Crippen LogP contribution in [0.1, 0.15) is 26.2 Å². The lowest BCUT2D eigenvalue weighted by Gasteiger charge is -2.39. The number of nitrogens with zero attached hydrogens (tertiary/aromatic N) is 1. The maximum atomic E-state index is 12.0. The average Bonchev–Trinajstić information content (AvgIpc) is 2.15. The molecule has 78 valence electrons. The molecule has 0 radical (unpaired) electrons. The second-order valence-electron chi connectivity index (χ2n) is 4.00. The van der Waals surface area contributed by atoms with Gasteiger partial charge in [-0.25, -0.2) is 0 Å². The highest BCUT2D eigenvalue weighted by molar-refractivity contribution is 4.82. The third kappa shape index (κ3) is 2.92. The van der Waals surface area contributed by atoms with Gasteiger partial charge in [0.2, 0.25) is 0 Å². The molecule has 1 fully saturated rings. The van der Waals surface area contributed by atoms with Gasteiger partial charge in [-0.05, 0) is 31.7 Å². The van der Waals surface area contributed by atoms with Crippen LogP contribution in [0.3, 0.4) is 0 Å². The van der Waals surface area contributed by atoms with E-state index >= 15 is 0 Å².